The van der Waals surface area contributed by atoms with Gasteiger partial charge in [0.15, 0.2) is 0 Å². The molecule has 4 nitrogen and oxygen atoms in total. The number of rotatable bonds is 2. The predicted octanol–water partition coefficient (Wildman–Crippen LogP) is 4.09. The molecule has 0 saturated carbocycles. The van der Waals surface area contributed by atoms with Crippen LogP contribution in [0.1, 0.15) is 5.56 Å². The topological polar surface area (TPSA) is 74.7 Å². The van der Waals surface area contributed by atoms with Crippen molar-refractivity contribution < 1.29 is 0 Å². The van der Waals surface area contributed by atoms with Gasteiger partial charge in [0.1, 0.15) is 0 Å². The first kappa shape index (κ1) is 13.2. The van der Waals surface area contributed by atoms with Crippen LogP contribution in [0, 0.1) is 11.3 Å². The Morgan fingerprint density at radius 3 is 2.76 bits per heavy atom. The van der Waals surface area contributed by atoms with Crippen molar-refractivity contribution in [3.8, 4) is 6.07 Å². The third-order valence-electron chi connectivity index (χ3n) is 3.22. The Labute approximate surface area is 126 Å². The van der Waals surface area contributed by atoms with Crippen LogP contribution in [0.25, 0.3) is 10.8 Å². The minimum atomic E-state index is 0.545. The van der Waals surface area contributed by atoms with Crippen LogP contribution in [-0.2, 0) is 0 Å². The third-order valence-corrected chi connectivity index (χ3v) is 3.55. The molecule has 0 aliphatic rings. The lowest BCUT2D eigenvalue weighted by Gasteiger charge is -2.12. The molecule has 102 valence electrons. The van der Waals surface area contributed by atoms with Gasteiger partial charge in [-0.05, 0) is 36.4 Å². The number of benzene rings is 2. The van der Waals surface area contributed by atoms with Gasteiger partial charge in [0, 0.05) is 34.5 Å². The van der Waals surface area contributed by atoms with Gasteiger partial charge in [-0.25, -0.2) is 0 Å². The lowest BCUT2D eigenvalue weighted by Crippen LogP contribution is -1.96. The molecule has 0 atom stereocenters. The lowest BCUT2D eigenvalue weighted by atomic mass is 10.1. The lowest BCUT2D eigenvalue weighted by molar-refractivity contribution is 1.36. The van der Waals surface area contributed by atoms with Gasteiger partial charge >= 0.3 is 0 Å². The number of pyridine rings is 1. The second kappa shape index (κ2) is 5.31. The van der Waals surface area contributed by atoms with Gasteiger partial charge in [0.2, 0.25) is 0 Å². The highest BCUT2D eigenvalue weighted by molar-refractivity contribution is 6.33. The molecular weight excluding hydrogens is 284 g/mol. The van der Waals surface area contributed by atoms with Crippen LogP contribution in [0.15, 0.2) is 48.8 Å². The Morgan fingerprint density at radius 1 is 1.10 bits per heavy atom. The van der Waals surface area contributed by atoms with E-state index in [-0.39, 0.29) is 0 Å². The van der Waals surface area contributed by atoms with Crippen LogP contribution in [0.5, 0.6) is 0 Å². The predicted molar refractivity (Wildman–Crippen MR) is 85.6 cm³/mol. The normalized spacial score (nSPS) is 10.3. The number of nitrogens with two attached hydrogens (primary N) is 1. The second-order valence-corrected chi connectivity index (χ2v) is 4.96. The molecule has 1 heterocycles. The Morgan fingerprint density at radius 2 is 1.95 bits per heavy atom. The van der Waals surface area contributed by atoms with Crippen molar-refractivity contribution in [3.63, 3.8) is 0 Å². The molecule has 3 rings (SSSR count). The largest absolute Gasteiger partial charge is 0.398 e. The van der Waals surface area contributed by atoms with E-state index in [9.17, 15) is 0 Å². The standard InChI is InChI=1S/C16H11ClN4/c17-13-2-1-10(8-18)7-16(13)21-15-4-3-14(19)12-9-20-6-5-11(12)15/h1-7,9,21H,19H2. The highest BCUT2D eigenvalue weighted by Crippen LogP contribution is 2.32. The number of halogens is 1. The fourth-order valence-electron chi connectivity index (χ4n) is 2.16. The fourth-order valence-corrected chi connectivity index (χ4v) is 2.32. The van der Waals surface area contributed by atoms with E-state index in [2.05, 4.69) is 16.4 Å². The quantitative estimate of drug-likeness (QED) is 0.698. The number of anilines is 3. The minimum Gasteiger partial charge on any atom is -0.398 e. The number of hydrogen-bond acceptors (Lipinski definition) is 4. The smallest absolute Gasteiger partial charge is 0.0992 e. The highest BCUT2D eigenvalue weighted by Gasteiger charge is 2.07. The third kappa shape index (κ3) is 2.47. The average molecular weight is 295 g/mol. The molecule has 0 radical (unpaired) electrons. The fraction of sp³-hybridized carbons (Fsp3) is 0. The first-order valence-corrected chi connectivity index (χ1v) is 6.66. The van der Waals surface area contributed by atoms with E-state index in [0.717, 1.165) is 16.5 Å². The molecule has 0 spiro atoms. The molecule has 1 aromatic heterocycles. The molecule has 0 aliphatic heterocycles. The Kier molecular flexibility index (Phi) is 3.35. The maximum absolute atomic E-state index is 8.98. The average Bonchev–Trinajstić information content (AvgIpc) is 2.52. The van der Waals surface area contributed by atoms with Gasteiger partial charge in [-0.15, -0.1) is 0 Å². The van der Waals surface area contributed by atoms with Crippen LogP contribution in [-0.4, -0.2) is 4.98 Å². The molecule has 21 heavy (non-hydrogen) atoms. The van der Waals surface area contributed by atoms with Crippen LogP contribution in [0.2, 0.25) is 5.02 Å². The number of nitrogens with one attached hydrogen (secondary N) is 1. The molecular formula is C16H11ClN4. The highest BCUT2D eigenvalue weighted by atomic mass is 35.5. The summed E-state index contributed by atoms with van der Waals surface area (Å²) in [6, 6.07) is 12.8. The zero-order valence-electron chi connectivity index (χ0n) is 11.0. The maximum Gasteiger partial charge on any atom is 0.0992 e. The summed E-state index contributed by atoms with van der Waals surface area (Å²) in [4.78, 5) is 4.09. The molecule has 0 aliphatic carbocycles. The number of nitriles is 1. The zero-order chi connectivity index (χ0) is 14.8. The summed E-state index contributed by atoms with van der Waals surface area (Å²) in [6.07, 6.45) is 3.43. The number of nitrogen functional groups attached to an aromatic ring is 1. The summed E-state index contributed by atoms with van der Waals surface area (Å²) < 4.78 is 0. The Hall–Kier alpha value is -2.77. The summed E-state index contributed by atoms with van der Waals surface area (Å²) in [7, 11) is 0. The van der Waals surface area contributed by atoms with Gasteiger partial charge in [-0.2, -0.15) is 5.26 Å². The number of fused-ring (bicyclic) bond motifs is 1. The van der Waals surface area contributed by atoms with Gasteiger partial charge in [-0.1, -0.05) is 11.6 Å². The molecule has 0 amide bonds. The molecule has 0 fully saturated rings. The van der Waals surface area contributed by atoms with Gasteiger partial charge < -0.3 is 11.1 Å². The van der Waals surface area contributed by atoms with Gasteiger partial charge in [0.05, 0.1) is 22.3 Å². The monoisotopic (exact) mass is 294 g/mol. The molecule has 3 N–H and O–H groups in total. The zero-order valence-corrected chi connectivity index (χ0v) is 11.7. The number of aromatic nitrogens is 1. The second-order valence-electron chi connectivity index (χ2n) is 4.56. The Balaban J connectivity index is 2.11. The molecule has 5 heteroatoms. The number of hydrogen-bond donors (Lipinski definition) is 2. The van der Waals surface area contributed by atoms with Crippen molar-refractivity contribution in [2.45, 2.75) is 0 Å². The van der Waals surface area contributed by atoms with E-state index in [1.54, 1.807) is 30.6 Å². The van der Waals surface area contributed by atoms with Crippen molar-refractivity contribution in [1.29, 1.82) is 5.26 Å². The maximum atomic E-state index is 8.98. The summed E-state index contributed by atoms with van der Waals surface area (Å²) in [5.74, 6) is 0. The van der Waals surface area contributed by atoms with Crippen LogP contribution >= 0.6 is 11.6 Å². The molecule has 0 unspecified atom stereocenters. The van der Waals surface area contributed by atoms with Gasteiger partial charge in [0.25, 0.3) is 0 Å². The minimum absolute atomic E-state index is 0.545. The molecule has 0 saturated heterocycles. The molecule has 0 bridgehead atoms. The number of nitrogens with zero attached hydrogens (tertiary/aromatic N) is 2. The molecule has 2 aromatic carbocycles. The van der Waals surface area contributed by atoms with Crippen LogP contribution in [0.4, 0.5) is 17.1 Å². The Bertz CT molecular complexity index is 868. The van der Waals surface area contributed by atoms with Crippen LogP contribution < -0.4 is 11.1 Å². The summed E-state index contributed by atoms with van der Waals surface area (Å²) in [6.45, 7) is 0. The van der Waals surface area contributed by atoms with Gasteiger partial charge in [-0.3, -0.25) is 4.98 Å². The van der Waals surface area contributed by atoms with Crippen molar-refractivity contribution in [1.82, 2.24) is 4.98 Å². The molecule has 3 aromatic rings. The van der Waals surface area contributed by atoms with E-state index in [1.165, 1.54) is 0 Å². The van der Waals surface area contributed by atoms with E-state index in [0.29, 0.717) is 22.0 Å². The van der Waals surface area contributed by atoms with Crippen molar-refractivity contribution in [2.75, 3.05) is 11.1 Å². The van der Waals surface area contributed by atoms with Crippen molar-refractivity contribution in [3.05, 3.63) is 59.4 Å². The summed E-state index contributed by atoms with van der Waals surface area (Å²) in [5.41, 5.74) is 8.71. The summed E-state index contributed by atoms with van der Waals surface area (Å²) >= 11 is 6.18. The van der Waals surface area contributed by atoms with E-state index < -0.39 is 0 Å². The van der Waals surface area contributed by atoms with E-state index in [1.807, 2.05) is 18.2 Å². The van der Waals surface area contributed by atoms with Crippen LogP contribution in [0.3, 0.4) is 0 Å². The first-order chi connectivity index (χ1) is 10.2. The summed E-state index contributed by atoms with van der Waals surface area (Å²) in [5, 5.41) is 14.6. The SMILES string of the molecule is N#Cc1ccc(Cl)c(Nc2ccc(N)c3cnccc23)c1. The van der Waals surface area contributed by atoms with E-state index in [4.69, 9.17) is 22.6 Å². The van der Waals surface area contributed by atoms with Crippen molar-refractivity contribution in [2.24, 2.45) is 0 Å². The van der Waals surface area contributed by atoms with E-state index >= 15 is 0 Å². The van der Waals surface area contributed by atoms with Crippen molar-refractivity contribution >= 4 is 39.4 Å². The first-order valence-electron chi connectivity index (χ1n) is 6.28.